The molecule has 1 aliphatic heterocycles. The number of unbranched alkanes of at least 4 members (excludes halogenated alkanes) is 4. The Bertz CT molecular complexity index is 516. The fraction of sp³-hybridized carbons (Fsp3) is 0.529. The highest BCUT2D eigenvalue weighted by Crippen LogP contribution is 2.23. The van der Waals surface area contributed by atoms with E-state index in [9.17, 15) is 14.0 Å². The summed E-state index contributed by atoms with van der Waals surface area (Å²) in [5, 5.41) is 3.16. The third kappa shape index (κ3) is 4.13. The van der Waals surface area contributed by atoms with Gasteiger partial charge in [-0.05, 0) is 37.2 Å². The van der Waals surface area contributed by atoms with Gasteiger partial charge in [0.1, 0.15) is 5.82 Å². The van der Waals surface area contributed by atoms with Crippen LogP contribution in [0.4, 0.5) is 10.1 Å². The van der Waals surface area contributed by atoms with Gasteiger partial charge in [-0.25, -0.2) is 9.29 Å². The normalized spacial score (nSPS) is 18.3. The van der Waals surface area contributed by atoms with Crippen LogP contribution in [0.2, 0.25) is 0 Å². The van der Waals surface area contributed by atoms with Gasteiger partial charge in [0.05, 0.1) is 18.2 Å². The first-order valence-electron chi connectivity index (χ1n) is 7.99. The summed E-state index contributed by atoms with van der Waals surface area (Å²) in [4.78, 5) is 25.5. The van der Waals surface area contributed by atoms with E-state index in [4.69, 9.17) is 0 Å². The molecule has 1 fully saturated rings. The number of hydrogen-bond acceptors (Lipinski definition) is 3. The zero-order valence-electron chi connectivity index (χ0n) is 13.0. The lowest BCUT2D eigenvalue weighted by molar-refractivity contribution is -0.121. The van der Waals surface area contributed by atoms with Gasteiger partial charge in [0.25, 0.3) is 5.91 Å². The molecule has 0 radical (unpaired) electrons. The first-order valence-corrected chi connectivity index (χ1v) is 7.99. The van der Waals surface area contributed by atoms with E-state index in [-0.39, 0.29) is 24.1 Å². The van der Waals surface area contributed by atoms with E-state index in [1.807, 2.05) is 0 Å². The molecule has 1 aromatic rings. The molecule has 0 spiro atoms. The van der Waals surface area contributed by atoms with Crippen molar-refractivity contribution in [1.82, 2.24) is 5.32 Å². The molecule has 1 aliphatic rings. The summed E-state index contributed by atoms with van der Waals surface area (Å²) in [5.41, 5.74) is 0.434. The molecule has 1 aromatic carbocycles. The van der Waals surface area contributed by atoms with Crippen LogP contribution in [0.15, 0.2) is 24.3 Å². The summed E-state index contributed by atoms with van der Waals surface area (Å²) in [5.74, 6) is -0.866. The quantitative estimate of drug-likeness (QED) is 0.593. The standard InChI is InChI=1S/C17H23FN2O2/c1-2-3-4-5-6-11-19-15-12-16(21)20(17(15)22)14-9-7-13(18)8-10-14/h7-10,15,19H,2-6,11-12H2,1H3/t15-/m1/s1. The first kappa shape index (κ1) is 16.6. The maximum absolute atomic E-state index is 12.9. The van der Waals surface area contributed by atoms with Crippen molar-refractivity contribution >= 4 is 17.5 Å². The Balaban J connectivity index is 1.85. The van der Waals surface area contributed by atoms with Crippen molar-refractivity contribution in [1.29, 1.82) is 0 Å². The van der Waals surface area contributed by atoms with Gasteiger partial charge in [-0.15, -0.1) is 0 Å². The van der Waals surface area contributed by atoms with Crippen molar-refractivity contribution in [3.05, 3.63) is 30.1 Å². The minimum Gasteiger partial charge on any atom is -0.305 e. The van der Waals surface area contributed by atoms with E-state index < -0.39 is 6.04 Å². The number of carbonyl (C=O) groups is 2. The Labute approximate surface area is 130 Å². The van der Waals surface area contributed by atoms with Crippen molar-refractivity contribution in [3.8, 4) is 0 Å². The maximum atomic E-state index is 12.9. The number of rotatable bonds is 8. The van der Waals surface area contributed by atoms with E-state index in [0.717, 1.165) is 24.3 Å². The molecular weight excluding hydrogens is 283 g/mol. The van der Waals surface area contributed by atoms with Crippen molar-refractivity contribution < 1.29 is 14.0 Å². The Morgan fingerprint density at radius 3 is 2.50 bits per heavy atom. The van der Waals surface area contributed by atoms with Gasteiger partial charge in [0.2, 0.25) is 5.91 Å². The summed E-state index contributed by atoms with van der Waals surface area (Å²) in [6.07, 6.45) is 5.96. The maximum Gasteiger partial charge on any atom is 0.251 e. The van der Waals surface area contributed by atoms with Crippen molar-refractivity contribution in [2.24, 2.45) is 0 Å². The molecule has 2 amide bonds. The van der Waals surface area contributed by atoms with Crippen LogP contribution >= 0.6 is 0 Å². The number of benzene rings is 1. The van der Waals surface area contributed by atoms with Gasteiger partial charge in [-0.1, -0.05) is 32.6 Å². The van der Waals surface area contributed by atoms with Gasteiger partial charge in [-0.2, -0.15) is 0 Å². The number of nitrogens with one attached hydrogen (secondary N) is 1. The van der Waals surface area contributed by atoms with E-state index in [2.05, 4.69) is 12.2 Å². The lowest BCUT2D eigenvalue weighted by atomic mass is 10.1. The van der Waals surface area contributed by atoms with Gasteiger partial charge >= 0.3 is 0 Å². The monoisotopic (exact) mass is 306 g/mol. The van der Waals surface area contributed by atoms with Crippen LogP contribution in [0.5, 0.6) is 0 Å². The number of imide groups is 1. The van der Waals surface area contributed by atoms with Gasteiger partial charge < -0.3 is 5.32 Å². The summed E-state index contributed by atoms with van der Waals surface area (Å²) >= 11 is 0. The molecule has 5 heteroatoms. The predicted octanol–water partition coefficient (Wildman–Crippen LogP) is 3.02. The summed E-state index contributed by atoms with van der Waals surface area (Å²) in [6, 6.07) is 4.97. The number of halogens is 1. The Hall–Kier alpha value is -1.75. The SMILES string of the molecule is CCCCCCCN[C@@H]1CC(=O)N(c2ccc(F)cc2)C1=O. The van der Waals surface area contributed by atoms with E-state index in [1.165, 1.54) is 43.5 Å². The first-order chi connectivity index (χ1) is 10.6. The Morgan fingerprint density at radius 1 is 1.14 bits per heavy atom. The Kier molecular flexibility index (Phi) is 6.07. The van der Waals surface area contributed by atoms with Crippen molar-refractivity contribution in [3.63, 3.8) is 0 Å². The van der Waals surface area contributed by atoms with Gasteiger partial charge in [0.15, 0.2) is 0 Å². The third-order valence-corrected chi connectivity index (χ3v) is 3.90. The van der Waals surface area contributed by atoms with E-state index in [1.54, 1.807) is 0 Å². The molecule has 22 heavy (non-hydrogen) atoms. The second kappa shape index (κ2) is 8.03. The second-order valence-electron chi connectivity index (χ2n) is 5.67. The molecular formula is C17H23FN2O2. The number of carbonyl (C=O) groups excluding carboxylic acids is 2. The molecule has 0 saturated carbocycles. The van der Waals surface area contributed by atoms with Crippen LogP contribution in [0.3, 0.4) is 0 Å². The minimum atomic E-state index is -0.455. The fourth-order valence-electron chi connectivity index (χ4n) is 2.66. The highest BCUT2D eigenvalue weighted by Gasteiger charge is 2.38. The van der Waals surface area contributed by atoms with Crippen LogP contribution in [-0.2, 0) is 9.59 Å². The smallest absolute Gasteiger partial charge is 0.251 e. The minimum absolute atomic E-state index is 0.172. The van der Waals surface area contributed by atoms with Crippen LogP contribution < -0.4 is 10.2 Å². The average Bonchev–Trinajstić information content (AvgIpc) is 2.78. The predicted molar refractivity (Wildman–Crippen MR) is 84.1 cm³/mol. The Morgan fingerprint density at radius 2 is 1.82 bits per heavy atom. The second-order valence-corrected chi connectivity index (χ2v) is 5.67. The molecule has 0 unspecified atom stereocenters. The van der Waals surface area contributed by atoms with Crippen LogP contribution in [0.25, 0.3) is 0 Å². The number of amides is 2. The van der Waals surface area contributed by atoms with Crippen molar-refractivity contribution in [2.75, 3.05) is 11.4 Å². The zero-order chi connectivity index (χ0) is 15.9. The highest BCUT2D eigenvalue weighted by atomic mass is 19.1. The number of anilines is 1. The lowest BCUT2D eigenvalue weighted by Gasteiger charge is -2.15. The molecule has 0 aliphatic carbocycles. The largest absolute Gasteiger partial charge is 0.305 e. The van der Waals surface area contributed by atoms with Crippen LogP contribution in [0, 0.1) is 5.82 Å². The molecule has 1 atom stereocenters. The van der Waals surface area contributed by atoms with Crippen LogP contribution in [0.1, 0.15) is 45.4 Å². The molecule has 0 aromatic heterocycles. The average molecular weight is 306 g/mol. The molecule has 0 bridgehead atoms. The lowest BCUT2D eigenvalue weighted by Crippen LogP contribution is -2.39. The number of nitrogens with zero attached hydrogens (tertiary/aromatic N) is 1. The summed E-state index contributed by atoms with van der Waals surface area (Å²) in [7, 11) is 0. The molecule has 2 rings (SSSR count). The van der Waals surface area contributed by atoms with E-state index >= 15 is 0 Å². The highest BCUT2D eigenvalue weighted by molar-refractivity contribution is 6.22. The fourth-order valence-corrected chi connectivity index (χ4v) is 2.66. The summed E-state index contributed by atoms with van der Waals surface area (Å²) < 4.78 is 12.9. The van der Waals surface area contributed by atoms with Gasteiger partial charge in [-0.3, -0.25) is 9.59 Å². The van der Waals surface area contributed by atoms with Gasteiger partial charge in [0, 0.05) is 0 Å². The molecule has 1 heterocycles. The van der Waals surface area contributed by atoms with Crippen LogP contribution in [-0.4, -0.2) is 24.4 Å². The molecule has 120 valence electrons. The molecule has 4 nitrogen and oxygen atoms in total. The number of hydrogen-bond donors (Lipinski definition) is 1. The molecule has 1 N–H and O–H groups in total. The van der Waals surface area contributed by atoms with E-state index in [0.29, 0.717) is 5.69 Å². The third-order valence-electron chi connectivity index (χ3n) is 3.90. The summed E-state index contributed by atoms with van der Waals surface area (Å²) in [6.45, 7) is 2.91. The van der Waals surface area contributed by atoms with Crippen molar-refractivity contribution in [2.45, 2.75) is 51.5 Å². The molecule has 1 saturated heterocycles. The zero-order valence-corrected chi connectivity index (χ0v) is 13.0. The topological polar surface area (TPSA) is 49.4 Å².